The summed E-state index contributed by atoms with van der Waals surface area (Å²) in [5.41, 5.74) is 0.484. The summed E-state index contributed by atoms with van der Waals surface area (Å²) in [4.78, 5) is 11.7. The molecule has 1 aromatic carbocycles. The van der Waals surface area contributed by atoms with Gasteiger partial charge in [0, 0.05) is 17.8 Å². The van der Waals surface area contributed by atoms with E-state index in [9.17, 15) is 4.79 Å². The number of nitrogens with one attached hydrogen (secondary N) is 2. The van der Waals surface area contributed by atoms with Gasteiger partial charge in [0.05, 0.1) is 12.1 Å². The van der Waals surface area contributed by atoms with Gasteiger partial charge in [-0.15, -0.1) is 0 Å². The van der Waals surface area contributed by atoms with Gasteiger partial charge in [0.15, 0.2) is 0 Å². The summed E-state index contributed by atoms with van der Waals surface area (Å²) < 4.78 is 10.4. The number of hydrogen-bond donors (Lipinski definition) is 2. The van der Waals surface area contributed by atoms with Crippen LogP contribution in [0.4, 0.5) is 10.5 Å². The fourth-order valence-corrected chi connectivity index (χ4v) is 2.58. The Morgan fingerprint density at radius 1 is 1.27 bits per heavy atom. The molecule has 1 aliphatic carbocycles. The van der Waals surface area contributed by atoms with E-state index in [1.165, 1.54) is 0 Å². The Morgan fingerprint density at radius 2 is 1.95 bits per heavy atom. The Balaban J connectivity index is 1.75. The number of carbonyl (C=O) groups excluding carboxylic acids is 1. The number of carbonyl (C=O) groups is 1. The highest BCUT2D eigenvalue weighted by atomic mass is 35.5. The summed E-state index contributed by atoms with van der Waals surface area (Å²) in [6.45, 7) is 5.56. The van der Waals surface area contributed by atoms with E-state index in [1.54, 1.807) is 7.11 Å². The van der Waals surface area contributed by atoms with Crippen LogP contribution in [0.1, 0.15) is 33.6 Å². The van der Waals surface area contributed by atoms with Crippen molar-refractivity contribution in [3.05, 3.63) is 23.2 Å². The predicted octanol–water partition coefficient (Wildman–Crippen LogP) is 3.82. The van der Waals surface area contributed by atoms with Crippen molar-refractivity contribution >= 4 is 23.4 Å². The molecule has 6 heteroatoms. The van der Waals surface area contributed by atoms with Crippen LogP contribution in [-0.2, 0) is 4.74 Å². The van der Waals surface area contributed by atoms with E-state index in [4.69, 9.17) is 21.1 Å². The van der Waals surface area contributed by atoms with Crippen LogP contribution >= 0.6 is 11.6 Å². The lowest BCUT2D eigenvalue weighted by Crippen LogP contribution is -2.50. The second kappa shape index (κ2) is 6.65. The van der Waals surface area contributed by atoms with Gasteiger partial charge in [-0.25, -0.2) is 4.79 Å². The predicted molar refractivity (Wildman–Crippen MR) is 87.8 cm³/mol. The first kappa shape index (κ1) is 16.7. The van der Waals surface area contributed by atoms with Crippen molar-refractivity contribution in [3.8, 4) is 5.75 Å². The smallest absolute Gasteiger partial charge is 0.407 e. The van der Waals surface area contributed by atoms with Gasteiger partial charge < -0.3 is 20.1 Å². The maximum atomic E-state index is 11.7. The molecule has 0 aromatic heterocycles. The molecule has 0 saturated heterocycles. The van der Waals surface area contributed by atoms with Gasteiger partial charge in [-0.05, 0) is 51.8 Å². The Bertz CT molecular complexity index is 537. The maximum Gasteiger partial charge on any atom is 0.407 e. The third-order valence-corrected chi connectivity index (χ3v) is 3.68. The summed E-state index contributed by atoms with van der Waals surface area (Å²) in [7, 11) is 1.59. The molecule has 1 amide bonds. The van der Waals surface area contributed by atoms with Crippen LogP contribution in [0.25, 0.3) is 0 Å². The number of anilines is 1. The number of alkyl carbamates (subject to hydrolysis) is 1. The minimum absolute atomic E-state index is 0.154. The van der Waals surface area contributed by atoms with E-state index in [0.717, 1.165) is 18.5 Å². The van der Waals surface area contributed by atoms with Crippen molar-refractivity contribution in [1.82, 2.24) is 5.32 Å². The Kier molecular flexibility index (Phi) is 5.06. The first-order valence-electron chi connectivity index (χ1n) is 7.36. The molecule has 0 heterocycles. The molecule has 0 spiro atoms. The van der Waals surface area contributed by atoms with Gasteiger partial charge in [0.1, 0.15) is 11.4 Å². The topological polar surface area (TPSA) is 59.6 Å². The van der Waals surface area contributed by atoms with E-state index in [-0.39, 0.29) is 12.1 Å². The van der Waals surface area contributed by atoms with Crippen LogP contribution in [0, 0.1) is 0 Å². The lowest BCUT2D eigenvalue weighted by atomic mass is 9.86. The molecule has 1 saturated carbocycles. The SMILES string of the molecule is COc1ccc(NC2CC(NC(=O)OC(C)(C)C)C2)cc1Cl. The molecule has 1 fully saturated rings. The Morgan fingerprint density at radius 3 is 2.50 bits per heavy atom. The quantitative estimate of drug-likeness (QED) is 0.883. The van der Waals surface area contributed by atoms with Crippen molar-refractivity contribution < 1.29 is 14.3 Å². The zero-order valence-corrected chi connectivity index (χ0v) is 14.2. The van der Waals surface area contributed by atoms with Gasteiger partial charge >= 0.3 is 6.09 Å². The van der Waals surface area contributed by atoms with E-state index in [1.807, 2.05) is 39.0 Å². The van der Waals surface area contributed by atoms with Crippen LogP contribution < -0.4 is 15.4 Å². The molecular formula is C16H23ClN2O3. The molecule has 5 nitrogen and oxygen atoms in total. The molecule has 22 heavy (non-hydrogen) atoms. The lowest BCUT2D eigenvalue weighted by Gasteiger charge is -2.37. The number of amides is 1. The molecule has 2 rings (SSSR count). The van der Waals surface area contributed by atoms with Crippen LogP contribution in [0.15, 0.2) is 18.2 Å². The fourth-order valence-electron chi connectivity index (χ4n) is 2.32. The van der Waals surface area contributed by atoms with Crippen molar-refractivity contribution in [2.45, 2.75) is 51.3 Å². The molecule has 0 unspecified atom stereocenters. The largest absolute Gasteiger partial charge is 0.495 e. The second-order valence-electron chi connectivity index (χ2n) is 6.51. The minimum Gasteiger partial charge on any atom is -0.495 e. The number of benzene rings is 1. The van der Waals surface area contributed by atoms with E-state index < -0.39 is 5.60 Å². The highest BCUT2D eigenvalue weighted by molar-refractivity contribution is 6.32. The van der Waals surface area contributed by atoms with Gasteiger partial charge in [-0.2, -0.15) is 0 Å². The number of halogens is 1. The zero-order valence-electron chi connectivity index (χ0n) is 13.4. The molecule has 2 N–H and O–H groups in total. The highest BCUT2D eigenvalue weighted by Crippen LogP contribution is 2.30. The first-order chi connectivity index (χ1) is 10.3. The lowest BCUT2D eigenvalue weighted by molar-refractivity contribution is 0.0475. The Hall–Kier alpha value is -1.62. The van der Waals surface area contributed by atoms with E-state index in [0.29, 0.717) is 16.8 Å². The fraction of sp³-hybridized carbons (Fsp3) is 0.562. The van der Waals surface area contributed by atoms with Gasteiger partial charge in [-0.3, -0.25) is 0 Å². The first-order valence-corrected chi connectivity index (χ1v) is 7.74. The molecule has 0 atom stereocenters. The average Bonchev–Trinajstić information content (AvgIpc) is 2.34. The second-order valence-corrected chi connectivity index (χ2v) is 6.91. The van der Waals surface area contributed by atoms with Gasteiger partial charge in [0.25, 0.3) is 0 Å². The third kappa shape index (κ3) is 4.70. The standard InChI is InChI=1S/C16H23ClN2O3/c1-16(2,3)22-15(20)19-12-7-11(8-12)18-10-5-6-14(21-4)13(17)9-10/h5-6,9,11-12,18H,7-8H2,1-4H3,(H,19,20). The van der Waals surface area contributed by atoms with Crippen LogP contribution in [-0.4, -0.2) is 30.9 Å². The number of hydrogen-bond acceptors (Lipinski definition) is 4. The zero-order chi connectivity index (χ0) is 16.3. The molecule has 0 aliphatic heterocycles. The van der Waals surface area contributed by atoms with Gasteiger partial charge in [0.2, 0.25) is 0 Å². The molecule has 0 bridgehead atoms. The van der Waals surface area contributed by atoms with Crippen LogP contribution in [0.3, 0.4) is 0 Å². The van der Waals surface area contributed by atoms with Crippen LogP contribution in [0.5, 0.6) is 5.75 Å². The third-order valence-electron chi connectivity index (χ3n) is 3.38. The molecule has 122 valence electrons. The van der Waals surface area contributed by atoms with E-state index >= 15 is 0 Å². The van der Waals surface area contributed by atoms with E-state index in [2.05, 4.69) is 10.6 Å². The highest BCUT2D eigenvalue weighted by Gasteiger charge is 2.31. The minimum atomic E-state index is -0.467. The number of ether oxygens (including phenoxy) is 2. The monoisotopic (exact) mass is 326 g/mol. The normalized spacial score (nSPS) is 20.8. The summed E-state index contributed by atoms with van der Waals surface area (Å²) >= 11 is 6.09. The molecule has 1 aliphatic rings. The number of rotatable bonds is 4. The van der Waals surface area contributed by atoms with Crippen molar-refractivity contribution in [3.63, 3.8) is 0 Å². The molecule has 0 radical (unpaired) electrons. The van der Waals surface area contributed by atoms with Crippen molar-refractivity contribution in [1.29, 1.82) is 0 Å². The summed E-state index contributed by atoms with van der Waals surface area (Å²) in [5.74, 6) is 0.658. The summed E-state index contributed by atoms with van der Waals surface area (Å²) in [6.07, 6.45) is 1.37. The van der Waals surface area contributed by atoms with Gasteiger partial charge in [-0.1, -0.05) is 11.6 Å². The number of methoxy groups -OCH3 is 1. The Labute approximate surface area is 136 Å². The molecular weight excluding hydrogens is 304 g/mol. The summed E-state index contributed by atoms with van der Waals surface area (Å²) in [6, 6.07) is 6.08. The average molecular weight is 327 g/mol. The van der Waals surface area contributed by atoms with Crippen molar-refractivity contribution in [2.75, 3.05) is 12.4 Å². The van der Waals surface area contributed by atoms with Crippen LogP contribution in [0.2, 0.25) is 5.02 Å². The van der Waals surface area contributed by atoms with Crippen molar-refractivity contribution in [2.24, 2.45) is 0 Å². The maximum absolute atomic E-state index is 11.7. The molecule has 1 aromatic rings. The summed E-state index contributed by atoms with van der Waals surface area (Å²) in [5, 5.41) is 6.84.